The van der Waals surface area contributed by atoms with Gasteiger partial charge in [-0.2, -0.15) is 8.42 Å². The number of phenols is 1. The second-order valence-corrected chi connectivity index (χ2v) is 6.55. The number of hydrogen-bond acceptors (Lipinski definition) is 4. The number of aryl methyl sites for hydroxylation is 1. The highest BCUT2D eigenvalue weighted by Crippen LogP contribution is 2.26. The van der Waals surface area contributed by atoms with Crippen molar-refractivity contribution in [3.8, 4) is 11.5 Å². The quantitative estimate of drug-likeness (QED) is 0.468. The van der Waals surface area contributed by atoms with E-state index >= 15 is 0 Å². The first-order valence-electron chi connectivity index (χ1n) is 7.91. The van der Waals surface area contributed by atoms with Crippen molar-refractivity contribution in [3.05, 3.63) is 23.8 Å². The van der Waals surface area contributed by atoms with E-state index in [9.17, 15) is 13.5 Å². The first kappa shape index (κ1) is 18.8. The van der Waals surface area contributed by atoms with Gasteiger partial charge in [-0.05, 0) is 36.6 Å². The van der Waals surface area contributed by atoms with E-state index < -0.39 is 10.4 Å². The summed E-state index contributed by atoms with van der Waals surface area (Å²) in [6.07, 6.45) is 9.99. The summed E-state index contributed by atoms with van der Waals surface area (Å²) in [6.45, 7) is 2.20. The Morgan fingerprint density at radius 1 is 1.00 bits per heavy atom. The predicted molar refractivity (Wildman–Crippen MR) is 86.6 cm³/mol. The fraction of sp³-hybridized carbons (Fsp3) is 0.625. The van der Waals surface area contributed by atoms with Crippen LogP contribution in [0.25, 0.3) is 0 Å². The molecule has 0 atom stereocenters. The molecule has 0 saturated heterocycles. The van der Waals surface area contributed by atoms with Crippen molar-refractivity contribution in [1.82, 2.24) is 0 Å². The Labute approximate surface area is 133 Å². The highest BCUT2D eigenvalue weighted by molar-refractivity contribution is 7.81. The van der Waals surface area contributed by atoms with Crippen molar-refractivity contribution in [2.24, 2.45) is 0 Å². The second kappa shape index (κ2) is 9.69. The lowest BCUT2D eigenvalue weighted by Gasteiger charge is -2.09. The molecular weight excluding hydrogens is 304 g/mol. The molecule has 0 unspecified atom stereocenters. The lowest BCUT2D eigenvalue weighted by molar-refractivity contribution is 0.384. The van der Waals surface area contributed by atoms with Crippen LogP contribution >= 0.6 is 0 Å². The summed E-state index contributed by atoms with van der Waals surface area (Å²) in [5.74, 6) is 0.125. The van der Waals surface area contributed by atoms with Gasteiger partial charge in [0.1, 0.15) is 11.5 Å². The molecule has 22 heavy (non-hydrogen) atoms. The number of aromatic hydroxyl groups is 1. The zero-order valence-electron chi connectivity index (χ0n) is 13.1. The molecule has 1 aromatic carbocycles. The summed E-state index contributed by atoms with van der Waals surface area (Å²) in [6, 6.07) is 4.16. The SMILES string of the molecule is CCCCCCCCCCc1cc(O)ccc1OS(=O)(=O)O. The van der Waals surface area contributed by atoms with Gasteiger partial charge in [0.15, 0.2) is 0 Å². The van der Waals surface area contributed by atoms with Gasteiger partial charge >= 0.3 is 10.4 Å². The number of unbranched alkanes of at least 4 members (excludes halogenated alkanes) is 7. The van der Waals surface area contributed by atoms with Crippen LogP contribution in [0.5, 0.6) is 11.5 Å². The first-order chi connectivity index (χ1) is 10.4. The van der Waals surface area contributed by atoms with E-state index in [1.54, 1.807) is 0 Å². The number of hydrogen-bond donors (Lipinski definition) is 2. The fourth-order valence-electron chi connectivity index (χ4n) is 2.41. The summed E-state index contributed by atoms with van der Waals surface area (Å²) >= 11 is 0. The third-order valence-electron chi connectivity index (χ3n) is 3.54. The molecular formula is C16H26O5S. The molecule has 0 fully saturated rings. The Morgan fingerprint density at radius 3 is 2.18 bits per heavy atom. The minimum atomic E-state index is -4.54. The molecule has 0 aliphatic carbocycles. The number of rotatable bonds is 11. The van der Waals surface area contributed by atoms with E-state index in [-0.39, 0.29) is 11.5 Å². The molecule has 0 aromatic heterocycles. The zero-order valence-corrected chi connectivity index (χ0v) is 13.9. The smallest absolute Gasteiger partial charge is 0.446 e. The standard InChI is InChI=1S/C16H26O5S/c1-2-3-4-5-6-7-8-9-10-14-13-15(17)11-12-16(14)21-22(18,19)20/h11-13,17H,2-10H2,1H3,(H,18,19,20). The van der Waals surface area contributed by atoms with Gasteiger partial charge in [0.2, 0.25) is 0 Å². The molecule has 6 heteroatoms. The zero-order chi connectivity index (χ0) is 16.4. The summed E-state index contributed by atoms with van der Waals surface area (Å²) in [5, 5.41) is 9.49. The summed E-state index contributed by atoms with van der Waals surface area (Å²) in [5.41, 5.74) is 0.587. The van der Waals surface area contributed by atoms with Gasteiger partial charge < -0.3 is 9.29 Å². The molecule has 5 nitrogen and oxygen atoms in total. The van der Waals surface area contributed by atoms with Crippen LogP contribution in [0.15, 0.2) is 18.2 Å². The molecule has 1 rings (SSSR count). The Bertz CT molecular complexity index is 539. The Kier molecular flexibility index (Phi) is 8.27. The van der Waals surface area contributed by atoms with E-state index in [1.165, 1.54) is 50.3 Å². The van der Waals surface area contributed by atoms with E-state index in [2.05, 4.69) is 11.1 Å². The van der Waals surface area contributed by atoms with Crippen LogP contribution in [-0.4, -0.2) is 18.1 Å². The van der Waals surface area contributed by atoms with E-state index in [1.807, 2.05) is 0 Å². The molecule has 0 aliphatic rings. The third-order valence-corrected chi connectivity index (χ3v) is 3.93. The minimum Gasteiger partial charge on any atom is -0.508 e. The highest BCUT2D eigenvalue weighted by Gasteiger charge is 2.12. The van der Waals surface area contributed by atoms with E-state index in [0.29, 0.717) is 12.0 Å². The molecule has 0 amide bonds. The monoisotopic (exact) mass is 330 g/mol. The van der Waals surface area contributed by atoms with Gasteiger partial charge in [-0.1, -0.05) is 51.9 Å². The van der Waals surface area contributed by atoms with Crippen LogP contribution in [0.2, 0.25) is 0 Å². The molecule has 0 heterocycles. The van der Waals surface area contributed by atoms with Gasteiger partial charge in [-0.25, -0.2) is 0 Å². The summed E-state index contributed by atoms with van der Waals surface area (Å²) in [4.78, 5) is 0. The summed E-state index contributed by atoms with van der Waals surface area (Å²) in [7, 11) is -4.54. The van der Waals surface area contributed by atoms with Crippen molar-refractivity contribution in [3.63, 3.8) is 0 Å². The molecule has 0 saturated carbocycles. The second-order valence-electron chi connectivity index (χ2n) is 5.53. The lowest BCUT2D eigenvalue weighted by Crippen LogP contribution is -2.08. The fourth-order valence-corrected chi connectivity index (χ4v) is 2.79. The normalized spacial score (nSPS) is 11.5. The Hall–Kier alpha value is -1.27. The molecule has 0 bridgehead atoms. The van der Waals surface area contributed by atoms with Gasteiger partial charge in [0.25, 0.3) is 0 Å². The predicted octanol–water partition coefficient (Wildman–Crippen LogP) is 4.26. The van der Waals surface area contributed by atoms with Crippen LogP contribution in [0, 0.1) is 0 Å². The van der Waals surface area contributed by atoms with Crippen molar-refractivity contribution < 1.29 is 22.3 Å². The third kappa shape index (κ3) is 8.24. The van der Waals surface area contributed by atoms with E-state index in [4.69, 9.17) is 4.55 Å². The molecule has 0 spiro atoms. The maximum atomic E-state index is 10.8. The number of phenolic OH excluding ortho intramolecular Hbond substituents is 1. The first-order valence-corrected chi connectivity index (χ1v) is 9.27. The largest absolute Gasteiger partial charge is 0.508 e. The number of benzene rings is 1. The molecule has 0 radical (unpaired) electrons. The van der Waals surface area contributed by atoms with Crippen LogP contribution < -0.4 is 4.18 Å². The Balaban J connectivity index is 2.39. The van der Waals surface area contributed by atoms with Gasteiger partial charge in [0, 0.05) is 0 Å². The Morgan fingerprint density at radius 2 is 1.59 bits per heavy atom. The minimum absolute atomic E-state index is 0.0530. The van der Waals surface area contributed by atoms with E-state index in [0.717, 1.165) is 19.3 Å². The average molecular weight is 330 g/mol. The van der Waals surface area contributed by atoms with Crippen LogP contribution in [-0.2, 0) is 16.8 Å². The van der Waals surface area contributed by atoms with Crippen molar-refractivity contribution >= 4 is 10.4 Å². The van der Waals surface area contributed by atoms with Crippen LogP contribution in [0.1, 0.15) is 63.9 Å². The molecule has 2 N–H and O–H groups in total. The topological polar surface area (TPSA) is 83.8 Å². The maximum absolute atomic E-state index is 10.8. The molecule has 1 aromatic rings. The van der Waals surface area contributed by atoms with Crippen molar-refractivity contribution in [2.45, 2.75) is 64.7 Å². The summed E-state index contributed by atoms with van der Waals surface area (Å²) < 4.78 is 34.9. The maximum Gasteiger partial charge on any atom is 0.446 e. The van der Waals surface area contributed by atoms with Crippen LogP contribution in [0.4, 0.5) is 0 Å². The molecule has 126 valence electrons. The van der Waals surface area contributed by atoms with Gasteiger partial charge in [0.05, 0.1) is 0 Å². The molecule has 0 aliphatic heterocycles. The van der Waals surface area contributed by atoms with Crippen LogP contribution in [0.3, 0.4) is 0 Å². The van der Waals surface area contributed by atoms with Crippen molar-refractivity contribution in [2.75, 3.05) is 0 Å². The lowest BCUT2D eigenvalue weighted by atomic mass is 10.0. The van der Waals surface area contributed by atoms with Gasteiger partial charge in [-0.3, -0.25) is 4.55 Å². The highest BCUT2D eigenvalue weighted by atomic mass is 32.3. The van der Waals surface area contributed by atoms with Crippen molar-refractivity contribution in [1.29, 1.82) is 0 Å². The van der Waals surface area contributed by atoms with Gasteiger partial charge in [-0.15, -0.1) is 0 Å². The average Bonchev–Trinajstić information content (AvgIpc) is 2.43.